The molecule has 0 radical (unpaired) electrons. The van der Waals surface area contributed by atoms with Gasteiger partial charge in [-0.15, -0.1) is 0 Å². The van der Waals surface area contributed by atoms with E-state index in [0.717, 1.165) is 16.4 Å². The number of rotatable bonds is 4. The van der Waals surface area contributed by atoms with E-state index >= 15 is 0 Å². The van der Waals surface area contributed by atoms with Gasteiger partial charge in [0.15, 0.2) is 5.82 Å². The smallest absolute Gasteiger partial charge is 0.246 e. The number of nitrogen functional groups attached to an aromatic ring is 1. The van der Waals surface area contributed by atoms with E-state index in [0.29, 0.717) is 5.57 Å². The second kappa shape index (κ2) is 5.26. The molecule has 0 unspecified atom stereocenters. The lowest BCUT2D eigenvalue weighted by Gasteiger charge is -2.18. The summed E-state index contributed by atoms with van der Waals surface area (Å²) < 4.78 is 39.0. The Balaban J connectivity index is 3.33. The van der Waals surface area contributed by atoms with Gasteiger partial charge in [-0.25, -0.2) is 12.8 Å². The number of hydrogen-bond acceptors (Lipinski definition) is 3. The Bertz CT molecular complexity index is 587. The second-order valence-electron chi connectivity index (χ2n) is 4.03. The fourth-order valence-electron chi connectivity index (χ4n) is 1.41. The van der Waals surface area contributed by atoms with Gasteiger partial charge in [0, 0.05) is 18.6 Å². The van der Waals surface area contributed by atoms with Gasteiger partial charge in [-0.1, -0.05) is 23.8 Å². The predicted molar refractivity (Wildman–Crippen MR) is 70.5 cm³/mol. The van der Waals surface area contributed by atoms with Crippen molar-refractivity contribution in [3.63, 3.8) is 0 Å². The molecule has 0 fully saturated rings. The number of anilines is 1. The van der Waals surface area contributed by atoms with E-state index in [9.17, 15) is 12.8 Å². The van der Waals surface area contributed by atoms with E-state index < -0.39 is 20.7 Å². The molecule has 0 aliphatic rings. The summed E-state index contributed by atoms with van der Waals surface area (Å²) >= 11 is 5.69. The molecule has 0 heterocycles. The number of halogens is 2. The van der Waals surface area contributed by atoms with Crippen molar-refractivity contribution in [1.29, 1.82) is 0 Å². The third-order valence-corrected chi connectivity index (χ3v) is 4.23. The lowest BCUT2D eigenvalue weighted by Crippen LogP contribution is -2.29. The quantitative estimate of drug-likeness (QED) is 0.684. The number of likely N-dealkylation sites (N-methyl/N-ethyl adjacent to an activating group) is 1. The highest BCUT2D eigenvalue weighted by Gasteiger charge is 2.26. The van der Waals surface area contributed by atoms with E-state index in [-0.39, 0.29) is 17.3 Å². The zero-order valence-electron chi connectivity index (χ0n) is 10.1. The van der Waals surface area contributed by atoms with Gasteiger partial charge in [-0.05, 0) is 19.1 Å². The Morgan fingerprint density at radius 3 is 2.61 bits per heavy atom. The minimum atomic E-state index is -3.98. The SMILES string of the molecule is C=C(C)CN(C)S(=O)(=O)c1cc(Cl)cc(N)c1F. The van der Waals surface area contributed by atoms with Crippen molar-refractivity contribution in [1.82, 2.24) is 4.31 Å². The van der Waals surface area contributed by atoms with Crippen molar-refractivity contribution in [2.75, 3.05) is 19.3 Å². The van der Waals surface area contributed by atoms with Gasteiger partial charge in [0.05, 0.1) is 5.69 Å². The van der Waals surface area contributed by atoms with Crippen molar-refractivity contribution in [3.05, 3.63) is 35.1 Å². The van der Waals surface area contributed by atoms with Gasteiger partial charge >= 0.3 is 0 Å². The number of nitrogens with two attached hydrogens (primary N) is 1. The Labute approximate surface area is 111 Å². The molecule has 1 aromatic carbocycles. The van der Waals surface area contributed by atoms with Crippen LogP contribution in [0.4, 0.5) is 10.1 Å². The maximum Gasteiger partial charge on any atom is 0.246 e. The molecule has 0 aromatic heterocycles. The van der Waals surface area contributed by atoms with E-state index in [4.69, 9.17) is 17.3 Å². The second-order valence-corrected chi connectivity index (χ2v) is 6.48. The third kappa shape index (κ3) is 3.01. The van der Waals surface area contributed by atoms with Crippen LogP contribution in [0.15, 0.2) is 29.2 Å². The number of nitrogens with zero attached hydrogens (tertiary/aromatic N) is 1. The van der Waals surface area contributed by atoms with Crippen LogP contribution in [0.2, 0.25) is 5.02 Å². The molecule has 2 N–H and O–H groups in total. The molecule has 0 spiro atoms. The molecule has 1 rings (SSSR count). The number of sulfonamides is 1. The summed E-state index contributed by atoms with van der Waals surface area (Å²) in [6.07, 6.45) is 0. The van der Waals surface area contributed by atoms with Crippen molar-refractivity contribution in [2.24, 2.45) is 0 Å². The zero-order chi connectivity index (χ0) is 14.1. The Hall–Kier alpha value is -1.11. The van der Waals surface area contributed by atoms with Gasteiger partial charge in [0.25, 0.3) is 0 Å². The predicted octanol–water partition coefficient (Wildman–Crippen LogP) is 2.26. The molecule has 0 saturated carbocycles. The molecule has 100 valence electrons. The maximum absolute atomic E-state index is 13.8. The van der Waals surface area contributed by atoms with Crippen molar-refractivity contribution < 1.29 is 12.8 Å². The van der Waals surface area contributed by atoms with Crippen LogP contribution in [-0.2, 0) is 10.0 Å². The molecular weight excluding hydrogens is 279 g/mol. The molecule has 0 atom stereocenters. The van der Waals surface area contributed by atoms with Crippen LogP contribution in [0.3, 0.4) is 0 Å². The Morgan fingerprint density at radius 1 is 1.56 bits per heavy atom. The summed E-state index contributed by atoms with van der Waals surface area (Å²) in [5.41, 5.74) is 5.69. The summed E-state index contributed by atoms with van der Waals surface area (Å²) in [5, 5.41) is 0.0659. The van der Waals surface area contributed by atoms with Gasteiger partial charge in [0.2, 0.25) is 10.0 Å². The van der Waals surface area contributed by atoms with E-state index in [1.165, 1.54) is 7.05 Å². The molecule has 7 heteroatoms. The van der Waals surface area contributed by atoms with Gasteiger partial charge in [-0.2, -0.15) is 4.31 Å². The van der Waals surface area contributed by atoms with Crippen LogP contribution in [0.1, 0.15) is 6.92 Å². The first-order chi connectivity index (χ1) is 8.16. The van der Waals surface area contributed by atoms with Crippen LogP contribution < -0.4 is 5.73 Å². The minimum absolute atomic E-state index is 0.0659. The van der Waals surface area contributed by atoms with Crippen LogP contribution in [0.5, 0.6) is 0 Å². The highest BCUT2D eigenvalue weighted by molar-refractivity contribution is 7.89. The fraction of sp³-hybridized carbons (Fsp3) is 0.273. The van der Waals surface area contributed by atoms with Crippen LogP contribution >= 0.6 is 11.6 Å². The van der Waals surface area contributed by atoms with Crippen molar-refractivity contribution in [2.45, 2.75) is 11.8 Å². The summed E-state index contributed by atoms with van der Waals surface area (Å²) in [4.78, 5) is -0.531. The van der Waals surface area contributed by atoms with E-state index in [1.54, 1.807) is 6.92 Å². The summed E-state index contributed by atoms with van der Waals surface area (Å²) in [6.45, 7) is 5.38. The first-order valence-electron chi connectivity index (χ1n) is 5.01. The molecule has 0 bridgehead atoms. The van der Waals surface area contributed by atoms with Gasteiger partial charge in [0.1, 0.15) is 4.90 Å². The van der Waals surface area contributed by atoms with Crippen LogP contribution in [0.25, 0.3) is 0 Å². The Kier molecular flexibility index (Phi) is 4.37. The fourth-order valence-corrected chi connectivity index (χ4v) is 3.04. The van der Waals surface area contributed by atoms with Crippen LogP contribution in [-0.4, -0.2) is 26.3 Å². The number of benzene rings is 1. The highest BCUT2D eigenvalue weighted by atomic mass is 35.5. The van der Waals surface area contributed by atoms with Crippen molar-refractivity contribution >= 4 is 27.3 Å². The molecule has 0 aliphatic heterocycles. The molecule has 0 saturated heterocycles. The maximum atomic E-state index is 13.8. The molecule has 18 heavy (non-hydrogen) atoms. The molecule has 4 nitrogen and oxygen atoms in total. The number of hydrogen-bond donors (Lipinski definition) is 1. The normalized spacial score (nSPS) is 11.8. The molecular formula is C11H14ClFN2O2S. The first-order valence-corrected chi connectivity index (χ1v) is 6.83. The summed E-state index contributed by atoms with van der Waals surface area (Å²) in [6, 6.07) is 2.20. The van der Waals surface area contributed by atoms with Crippen molar-refractivity contribution in [3.8, 4) is 0 Å². The summed E-state index contributed by atoms with van der Waals surface area (Å²) in [5.74, 6) is -0.993. The first kappa shape index (κ1) is 14.9. The lowest BCUT2D eigenvalue weighted by molar-refractivity contribution is 0.484. The van der Waals surface area contributed by atoms with E-state index in [2.05, 4.69) is 6.58 Å². The standard InChI is InChI=1S/C11H14ClFN2O2S/c1-7(2)6-15(3)18(16,17)10-5-8(12)4-9(14)11(10)13/h4-5H,1,6,14H2,2-3H3. The molecule has 1 aromatic rings. The largest absolute Gasteiger partial charge is 0.396 e. The summed E-state index contributed by atoms with van der Waals surface area (Å²) in [7, 11) is -2.64. The average molecular weight is 293 g/mol. The van der Waals surface area contributed by atoms with E-state index in [1.807, 2.05) is 0 Å². The minimum Gasteiger partial charge on any atom is -0.396 e. The molecule has 0 amide bonds. The van der Waals surface area contributed by atoms with Gasteiger partial charge in [-0.3, -0.25) is 0 Å². The van der Waals surface area contributed by atoms with Gasteiger partial charge < -0.3 is 5.73 Å². The average Bonchev–Trinajstić information content (AvgIpc) is 2.22. The van der Waals surface area contributed by atoms with Crippen LogP contribution in [0, 0.1) is 5.82 Å². The Morgan fingerprint density at radius 2 is 2.11 bits per heavy atom. The third-order valence-electron chi connectivity index (χ3n) is 2.21. The topological polar surface area (TPSA) is 63.4 Å². The molecule has 0 aliphatic carbocycles. The monoisotopic (exact) mass is 292 g/mol. The highest BCUT2D eigenvalue weighted by Crippen LogP contribution is 2.27. The lowest BCUT2D eigenvalue weighted by atomic mass is 10.3. The zero-order valence-corrected chi connectivity index (χ0v) is 11.6.